The van der Waals surface area contributed by atoms with E-state index in [4.69, 9.17) is 4.74 Å². The number of pyridine rings is 1. The van der Waals surface area contributed by atoms with E-state index in [0.717, 1.165) is 16.2 Å². The van der Waals surface area contributed by atoms with Crippen LogP contribution >= 0.6 is 11.3 Å². The number of halogens is 5. The minimum absolute atomic E-state index is 0.0110. The van der Waals surface area contributed by atoms with Gasteiger partial charge in [0.1, 0.15) is 17.6 Å². The molecule has 2 amide bonds. The van der Waals surface area contributed by atoms with Gasteiger partial charge in [0, 0.05) is 43.5 Å². The van der Waals surface area contributed by atoms with E-state index in [0.29, 0.717) is 37.2 Å². The molecule has 2 aliphatic rings. The van der Waals surface area contributed by atoms with Gasteiger partial charge >= 0.3 is 6.18 Å². The molecule has 214 valence electrons. The molecule has 2 atom stereocenters. The van der Waals surface area contributed by atoms with Gasteiger partial charge in [0.05, 0.1) is 11.4 Å². The van der Waals surface area contributed by atoms with Crippen molar-refractivity contribution >= 4 is 29.0 Å². The van der Waals surface area contributed by atoms with Crippen LogP contribution in [0.4, 0.5) is 27.8 Å². The molecule has 2 aromatic rings. The van der Waals surface area contributed by atoms with E-state index >= 15 is 0 Å². The van der Waals surface area contributed by atoms with Crippen molar-refractivity contribution < 1.29 is 36.3 Å². The van der Waals surface area contributed by atoms with Crippen molar-refractivity contribution in [3.05, 3.63) is 28.5 Å². The molecule has 2 aliphatic heterocycles. The van der Waals surface area contributed by atoms with E-state index in [1.165, 1.54) is 26.1 Å². The van der Waals surface area contributed by atoms with Gasteiger partial charge in [-0.3, -0.25) is 9.59 Å². The smallest absolute Gasteiger partial charge is 0.381 e. The molecular formula is C25H30F5N5O3S. The molecule has 14 heteroatoms. The summed E-state index contributed by atoms with van der Waals surface area (Å²) in [5.41, 5.74) is 0.664. The van der Waals surface area contributed by atoms with Crippen LogP contribution in [0.5, 0.6) is 0 Å². The predicted molar refractivity (Wildman–Crippen MR) is 135 cm³/mol. The average Bonchev–Trinajstić information content (AvgIpc) is 3.42. The highest BCUT2D eigenvalue weighted by molar-refractivity contribution is 7.17. The van der Waals surface area contributed by atoms with Gasteiger partial charge in [0.15, 0.2) is 5.01 Å². The van der Waals surface area contributed by atoms with E-state index in [9.17, 15) is 31.5 Å². The molecule has 2 aromatic heterocycles. The average molecular weight is 576 g/mol. The van der Waals surface area contributed by atoms with Crippen molar-refractivity contribution in [2.24, 2.45) is 0 Å². The molecule has 0 bridgehead atoms. The molecule has 2 saturated heterocycles. The number of likely N-dealkylation sites (tertiary alicyclic amines) is 1. The Morgan fingerprint density at radius 3 is 2.54 bits per heavy atom. The molecule has 4 rings (SSSR count). The second-order valence-corrected chi connectivity index (χ2v) is 10.9. The monoisotopic (exact) mass is 575 g/mol. The summed E-state index contributed by atoms with van der Waals surface area (Å²) in [7, 11) is 0. The van der Waals surface area contributed by atoms with Crippen molar-refractivity contribution in [2.45, 2.75) is 76.7 Å². The quantitative estimate of drug-likeness (QED) is 0.449. The Bertz CT molecular complexity index is 1220. The minimum Gasteiger partial charge on any atom is -0.381 e. The topological polar surface area (TPSA) is 96.4 Å². The Hall–Kier alpha value is -2.87. The first kappa shape index (κ1) is 29.1. The summed E-state index contributed by atoms with van der Waals surface area (Å²) in [5, 5.41) is 5.22. The molecule has 2 fully saturated rings. The highest BCUT2D eigenvalue weighted by Crippen LogP contribution is 2.38. The van der Waals surface area contributed by atoms with Crippen LogP contribution < -0.4 is 10.6 Å². The first-order chi connectivity index (χ1) is 18.3. The van der Waals surface area contributed by atoms with Gasteiger partial charge in [0.2, 0.25) is 0 Å². The molecule has 2 N–H and O–H groups in total. The number of alkyl halides is 5. The number of nitrogens with one attached hydrogen (secondary N) is 2. The maximum Gasteiger partial charge on any atom is 0.408 e. The van der Waals surface area contributed by atoms with Gasteiger partial charge < -0.3 is 20.3 Å². The Balaban J connectivity index is 1.68. The zero-order valence-electron chi connectivity index (χ0n) is 21.7. The van der Waals surface area contributed by atoms with Crippen LogP contribution in [0.25, 0.3) is 10.4 Å². The van der Waals surface area contributed by atoms with Gasteiger partial charge in [-0.05, 0) is 44.7 Å². The van der Waals surface area contributed by atoms with Gasteiger partial charge in [-0.25, -0.2) is 18.7 Å². The zero-order chi connectivity index (χ0) is 28.5. The fourth-order valence-corrected chi connectivity index (χ4v) is 5.76. The lowest BCUT2D eigenvalue weighted by molar-refractivity contribution is -0.142. The molecular weight excluding hydrogens is 545 g/mol. The summed E-state index contributed by atoms with van der Waals surface area (Å²) in [4.78, 5) is 36.2. The van der Waals surface area contributed by atoms with Crippen LogP contribution in [-0.4, -0.2) is 76.7 Å². The normalized spacial score (nSPS) is 20.6. The van der Waals surface area contributed by atoms with E-state index in [1.54, 1.807) is 6.92 Å². The number of aryl methyl sites for hydroxylation is 1. The number of thiazole rings is 1. The van der Waals surface area contributed by atoms with Crippen molar-refractivity contribution in [2.75, 3.05) is 25.1 Å². The SMILES string of the molecule is CC[C@H](Nc1cc(C)c(-c2sc(C(=O)NC3CCOCC3)nc2C(=O)N2CC(F)(F)C[C@@H]2C)cn1)C(F)(F)F. The first-order valence-electron chi connectivity index (χ1n) is 12.7. The summed E-state index contributed by atoms with van der Waals surface area (Å²) in [6.45, 7) is 4.76. The van der Waals surface area contributed by atoms with Gasteiger partial charge in [-0.15, -0.1) is 11.3 Å². The summed E-state index contributed by atoms with van der Waals surface area (Å²) >= 11 is 0.910. The Morgan fingerprint density at radius 1 is 1.28 bits per heavy atom. The minimum atomic E-state index is -4.47. The van der Waals surface area contributed by atoms with E-state index in [2.05, 4.69) is 20.6 Å². The molecule has 0 aromatic carbocycles. The Morgan fingerprint density at radius 2 is 1.97 bits per heavy atom. The number of aromatic nitrogens is 2. The lowest BCUT2D eigenvalue weighted by Crippen LogP contribution is -2.39. The molecule has 4 heterocycles. The highest BCUT2D eigenvalue weighted by atomic mass is 32.1. The van der Waals surface area contributed by atoms with Crippen LogP contribution in [0.2, 0.25) is 0 Å². The molecule has 0 spiro atoms. The number of carbonyl (C=O) groups is 2. The molecule has 0 saturated carbocycles. The summed E-state index contributed by atoms with van der Waals surface area (Å²) in [6.07, 6.45) is -2.64. The van der Waals surface area contributed by atoms with Gasteiger partial charge in [-0.1, -0.05) is 6.92 Å². The van der Waals surface area contributed by atoms with Crippen LogP contribution in [-0.2, 0) is 4.74 Å². The van der Waals surface area contributed by atoms with Crippen LogP contribution in [0.3, 0.4) is 0 Å². The van der Waals surface area contributed by atoms with Crippen molar-refractivity contribution in [1.82, 2.24) is 20.2 Å². The Kier molecular flexibility index (Phi) is 8.45. The number of ether oxygens (including phenoxy) is 1. The van der Waals surface area contributed by atoms with E-state index in [-0.39, 0.29) is 33.9 Å². The number of hydrogen-bond acceptors (Lipinski definition) is 7. The number of nitrogens with zero attached hydrogens (tertiary/aromatic N) is 3. The van der Waals surface area contributed by atoms with Crippen LogP contribution in [0, 0.1) is 6.92 Å². The lowest BCUT2D eigenvalue weighted by atomic mass is 10.1. The summed E-state index contributed by atoms with van der Waals surface area (Å²) in [6, 6.07) is -1.27. The fraction of sp³-hybridized carbons (Fsp3) is 0.600. The number of anilines is 1. The largest absolute Gasteiger partial charge is 0.408 e. The molecule has 8 nitrogen and oxygen atoms in total. The van der Waals surface area contributed by atoms with Crippen molar-refractivity contribution in [3.8, 4) is 10.4 Å². The number of hydrogen-bond donors (Lipinski definition) is 2. The molecule has 0 unspecified atom stereocenters. The van der Waals surface area contributed by atoms with Crippen LogP contribution in [0.1, 0.15) is 65.4 Å². The fourth-order valence-electron chi connectivity index (χ4n) is 4.72. The van der Waals surface area contributed by atoms with Gasteiger partial charge in [-0.2, -0.15) is 13.2 Å². The maximum absolute atomic E-state index is 14.1. The van der Waals surface area contributed by atoms with E-state index < -0.39 is 49.0 Å². The van der Waals surface area contributed by atoms with Crippen molar-refractivity contribution in [1.29, 1.82) is 0 Å². The molecule has 39 heavy (non-hydrogen) atoms. The van der Waals surface area contributed by atoms with Crippen molar-refractivity contribution in [3.63, 3.8) is 0 Å². The number of rotatable bonds is 7. The van der Waals surface area contributed by atoms with Gasteiger partial charge in [0.25, 0.3) is 17.7 Å². The number of amides is 2. The first-order valence-corrected chi connectivity index (χ1v) is 13.5. The predicted octanol–water partition coefficient (Wildman–Crippen LogP) is 5.04. The summed E-state index contributed by atoms with van der Waals surface area (Å²) in [5.74, 6) is -4.32. The highest BCUT2D eigenvalue weighted by Gasteiger charge is 2.46. The second kappa shape index (κ2) is 11.3. The lowest BCUT2D eigenvalue weighted by Gasteiger charge is -2.22. The second-order valence-electron chi connectivity index (χ2n) is 9.93. The Labute approximate surface area is 226 Å². The maximum atomic E-state index is 14.1. The third-order valence-corrected chi connectivity index (χ3v) is 7.94. The number of carbonyl (C=O) groups excluding carboxylic acids is 2. The third kappa shape index (κ3) is 6.65. The zero-order valence-corrected chi connectivity index (χ0v) is 22.5. The van der Waals surface area contributed by atoms with E-state index in [1.807, 2.05) is 0 Å². The standard InChI is InChI=1S/C25H30F5N5O3S/c1-4-17(25(28,29)30)33-18-9-13(2)16(11-31-18)20-19(23(37)35-12-24(26,27)10-14(35)3)34-22(39-20)21(36)32-15-5-7-38-8-6-15/h9,11,14-15,17H,4-8,10,12H2,1-3H3,(H,31,33)(H,32,36)/t14-,17-/m0/s1. The molecule has 0 aliphatic carbocycles. The van der Waals surface area contributed by atoms with Crippen LogP contribution in [0.15, 0.2) is 12.3 Å². The molecule has 0 radical (unpaired) electrons. The summed E-state index contributed by atoms with van der Waals surface area (Å²) < 4.78 is 73.2. The third-order valence-electron chi connectivity index (χ3n) is 6.85.